The third kappa shape index (κ3) is 9.74. The minimum Gasteiger partial charge on any atom is -0.460 e. The first-order valence-corrected chi connectivity index (χ1v) is 12.8. The molecular formula is C29H40F3N3O2. The predicted molar refractivity (Wildman–Crippen MR) is 144 cm³/mol. The Labute approximate surface area is 219 Å². The number of aromatic nitrogens is 2. The fourth-order valence-electron chi connectivity index (χ4n) is 3.93. The lowest BCUT2D eigenvalue weighted by Crippen LogP contribution is -2.28. The van der Waals surface area contributed by atoms with E-state index in [1.54, 1.807) is 35.9 Å². The fraction of sp³-hybridized carbons (Fsp3) is 0.517. The van der Waals surface area contributed by atoms with E-state index in [0.717, 1.165) is 55.3 Å². The Morgan fingerprint density at radius 1 is 1.16 bits per heavy atom. The van der Waals surface area contributed by atoms with Gasteiger partial charge in [-0.2, -0.15) is 18.3 Å². The lowest BCUT2D eigenvalue weighted by Gasteiger charge is -2.24. The molecule has 0 aliphatic rings. The van der Waals surface area contributed by atoms with E-state index in [0.29, 0.717) is 12.0 Å². The largest absolute Gasteiger partial charge is 0.460 e. The molecule has 0 spiro atoms. The van der Waals surface area contributed by atoms with Crippen molar-refractivity contribution in [1.29, 1.82) is 0 Å². The Hall–Kier alpha value is -3.03. The zero-order chi connectivity index (χ0) is 27.8. The molecule has 0 aliphatic carbocycles. The van der Waals surface area contributed by atoms with Gasteiger partial charge in [-0.05, 0) is 77.2 Å². The van der Waals surface area contributed by atoms with Crippen molar-refractivity contribution < 1.29 is 22.7 Å². The van der Waals surface area contributed by atoms with Gasteiger partial charge < -0.3 is 9.64 Å². The highest BCUT2D eigenvalue weighted by Crippen LogP contribution is 2.29. The molecule has 1 atom stereocenters. The number of halogens is 3. The van der Waals surface area contributed by atoms with Crippen LogP contribution in [-0.4, -0.2) is 40.6 Å². The van der Waals surface area contributed by atoms with Crippen LogP contribution in [0.5, 0.6) is 0 Å². The van der Waals surface area contributed by atoms with Gasteiger partial charge in [0.2, 0.25) is 0 Å². The molecule has 1 heterocycles. The van der Waals surface area contributed by atoms with Crippen molar-refractivity contribution in [3.63, 3.8) is 0 Å². The topological polar surface area (TPSA) is 47.4 Å². The van der Waals surface area contributed by atoms with Gasteiger partial charge in [0, 0.05) is 31.3 Å². The van der Waals surface area contributed by atoms with Crippen LogP contribution in [0.15, 0.2) is 48.1 Å². The Balaban J connectivity index is 2.15. The summed E-state index contributed by atoms with van der Waals surface area (Å²) in [5, 5.41) is 4.79. The van der Waals surface area contributed by atoms with Crippen LogP contribution in [-0.2, 0) is 9.53 Å². The van der Waals surface area contributed by atoms with E-state index >= 15 is 0 Å². The summed E-state index contributed by atoms with van der Waals surface area (Å²) in [6.07, 6.45) is 1.30. The number of nitrogens with zero attached hydrogens (tertiary/aromatic N) is 3. The van der Waals surface area contributed by atoms with E-state index in [1.807, 2.05) is 40.7 Å². The summed E-state index contributed by atoms with van der Waals surface area (Å²) >= 11 is 0. The van der Waals surface area contributed by atoms with E-state index in [1.165, 1.54) is 6.08 Å². The second kappa shape index (κ2) is 13.0. The molecule has 0 N–H and O–H groups in total. The Morgan fingerprint density at radius 2 is 1.81 bits per heavy atom. The highest BCUT2D eigenvalue weighted by atomic mass is 19.4. The quantitative estimate of drug-likeness (QED) is 0.226. The molecule has 37 heavy (non-hydrogen) atoms. The molecule has 0 fully saturated rings. The lowest BCUT2D eigenvalue weighted by molar-refractivity contribution is -0.155. The average molecular weight is 520 g/mol. The molecule has 1 aromatic heterocycles. The molecule has 0 bridgehead atoms. The number of anilines is 1. The molecule has 0 amide bonds. The lowest BCUT2D eigenvalue weighted by atomic mass is 10.0. The minimum atomic E-state index is -4.41. The molecule has 1 unspecified atom stereocenters. The van der Waals surface area contributed by atoms with Crippen LogP contribution >= 0.6 is 0 Å². The zero-order valence-electron chi connectivity index (χ0n) is 23.0. The first-order chi connectivity index (χ1) is 17.2. The minimum absolute atomic E-state index is 0.169. The van der Waals surface area contributed by atoms with Gasteiger partial charge in [-0.3, -0.25) is 4.79 Å². The molecule has 0 aliphatic heterocycles. The Kier molecular flexibility index (Phi) is 10.6. The smallest absolute Gasteiger partial charge is 0.416 e. The van der Waals surface area contributed by atoms with Crippen molar-refractivity contribution in [2.24, 2.45) is 5.92 Å². The Morgan fingerprint density at radius 3 is 2.35 bits per heavy atom. The summed E-state index contributed by atoms with van der Waals surface area (Å²) in [5.41, 5.74) is 0.973. The van der Waals surface area contributed by atoms with Crippen molar-refractivity contribution in [3.05, 3.63) is 59.3 Å². The molecule has 0 radical (unpaired) electrons. The molecule has 2 aromatic rings. The molecule has 0 saturated heterocycles. The summed E-state index contributed by atoms with van der Waals surface area (Å²) in [4.78, 5) is 14.4. The summed E-state index contributed by atoms with van der Waals surface area (Å²) in [5.74, 6) is 0.816. The number of benzene rings is 1. The monoisotopic (exact) mass is 519 g/mol. The Bertz CT molecular complexity index is 1080. The predicted octanol–water partition coefficient (Wildman–Crippen LogP) is 7.68. The molecule has 0 saturated carbocycles. The highest BCUT2D eigenvalue weighted by Gasteiger charge is 2.31. The third-order valence-electron chi connectivity index (χ3n) is 5.65. The van der Waals surface area contributed by atoms with Gasteiger partial charge in [-0.15, -0.1) is 0 Å². The summed E-state index contributed by atoms with van der Waals surface area (Å²) in [7, 11) is 0. The van der Waals surface area contributed by atoms with Gasteiger partial charge in [0.25, 0.3) is 0 Å². The standard InChI is InChI=1S/C29H40F3N3O2/c1-8-10-24(29(30,31)32)20-23-11-13-25(14-12-23)35-22(4)19-26(33-35)34(16-9-2)17-15-21(3)18-27(36)37-28(5,6)7/h8,10-14,19-21H,9,15-18H2,1-7H3/b10-8-,24-20+. The number of carbonyl (C=O) groups is 1. The molecule has 2 rings (SSSR count). The van der Waals surface area contributed by atoms with Gasteiger partial charge >= 0.3 is 12.1 Å². The number of hydrogen-bond acceptors (Lipinski definition) is 4. The number of rotatable bonds is 11. The number of esters is 1. The van der Waals surface area contributed by atoms with E-state index in [9.17, 15) is 18.0 Å². The van der Waals surface area contributed by atoms with Crippen LogP contribution in [0, 0.1) is 12.8 Å². The number of carbonyl (C=O) groups excluding carboxylic acids is 1. The second-order valence-corrected chi connectivity index (χ2v) is 10.4. The van der Waals surface area contributed by atoms with Crippen molar-refractivity contribution in [2.45, 2.75) is 79.5 Å². The van der Waals surface area contributed by atoms with E-state index in [-0.39, 0.29) is 11.9 Å². The molecule has 204 valence electrons. The first-order valence-electron chi connectivity index (χ1n) is 12.8. The maximum absolute atomic E-state index is 13.2. The van der Waals surface area contributed by atoms with E-state index in [4.69, 9.17) is 9.84 Å². The number of ether oxygens (including phenoxy) is 1. The van der Waals surface area contributed by atoms with Crippen LogP contribution in [0.3, 0.4) is 0 Å². The SMILES string of the molecule is C/C=C\C(=C/c1ccc(-n2nc(N(CCC)CCC(C)CC(=O)OC(C)(C)C)cc2C)cc1)C(F)(F)F. The molecule has 8 heteroatoms. The highest BCUT2D eigenvalue weighted by molar-refractivity contribution is 5.70. The van der Waals surface area contributed by atoms with Gasteiger partial charge in [-0.25, -0.2) is 4.68 Å². The second-order valence-electron chi connectivity index (χ2n) is 10.4. The number of hydrogen-bond donors (Lipinski definition) is 0. The first kappa shape index (κ1) is 30.2. The van der Waals surface area contributed by atoms with E-state index in [2.05, 4.69) is 11.8 Å². The van der Waals surface area contributed by atoms with Gasteiger partial charge in [-0.1, -0.05) is 38.1 Å². The van der Waals surface area contributed by atoms with Crippen molar-refractivity contribution >= 4 is 17.9 Å². The van der Waals surface area contributed by atoms with Crippen LogP contribution in [0.1, 0.15) is 72.1 Å². The third-order valence-corrected chi connectivity index (χ3v) is 5.65. The zero-order valence-corrected chi connectivity index (χ0v) is 23.0. The van der Waals surface area contributed by atoms with E-state index < -0.39 is 17.4 Å². The normalized spacial score (nSPS) is 13.7. The number of aryl methyl sites for hydroxylation is 1. The summed E-state index contributed by atoms with van der Waals surface area (Å²) < 4.78 is 46.9. The summed E-state index contributed by atoms with van der Waals surface area (Å²) in [6.45, 7) is 14.8. The van der Waals surface area contributed by atoms with Crippen molar-refractivity contribution in [3.8, 4) is 5.69 Å². The van der Waals surface area contributed by atoms with Crippen LogP contribution in [0.4, 0.5) is 19.0 Å². The fourth-order valence-corrected chi connectivity index (χ4v) is 3.93. The van der Waals surface area contributed by atoms with Gasteiger partial charge in [0.15, 0.2) is 5.82 Å². The molecular weight excluding hydrogens is 479 g/mol. The molecule has 1 aromatic carbocycles. The van der Waals surface area contributed by atoms with Gasteiger partial charge in [0.1, 0.15) is 5.60 Å². The number of allylic oxidation sites excluding steroid dienone is 3. The number of alkyl halides is 3. The van der Waals surface area contributed by atoms with Gasteiger partial charge in [0.05, 0.1) is 11.3 Å². The summed E-state index contributed by atoms with van der Waals surface area (Å²) in [6, 6.07) is 8.87. The van der Waals surface area contributed by atoms with Crippen LogP contribution in [0.2, 0.25) is 0 Å². The maximum Gasteiger partial charge on any atom is 0.416 e. The van der Waals surface area contributed by atoms with Crippen LogP contribution in [0.25, 0.3) is 11.8 Å². The van der Waals surface area contributed by atoms with Crippen molar-refractivity contribution in [2.75, 3.05) is 18.0 Å². The van der Waals surface area contributed by atoms with Crippen LogP contribution < -0.4 is 4.90 Å². The average Bonchev–Trinajstić information content (AvgIpc) is 3.16. The van der Waals surface area contributed by atoms with Crippen molar-refractivity contribution in [1.82, 2.24) is 9.78 Å². The molecule has 5 nitrogen and oxygen atoms in total. The maximum atomic E-state index is 13.2.